The van der Waals surface area contributed by atoms with E-state index in [2.05, 4.69) is 15.6 Å². The molecule has 1 heterocycles. The number of nitrogens with zero attached hydrogens (tertiary/aromatic N) is 1. The molecule has 0 aromatic rings. The fourth-order valence-electron chi connectivity index (χ4n) is 2.97. The Kier molecular flexibility index (Phi) is 11.0. The number of carboxylic acids is 2. The number of nitrogens with two attached hydrogens (primary N) is 1. The highest BCUT2D eigenvalue weighted by molar-refractivity contribution is 8.14. The van der Waals surface area contributed by atoms with E-state index in [0.29, 0.717) is 12.2 Å². The van der Waals surface area contributed by atoms with Crippen molar-refractivity contribution in [2.45, 2.75) is 77.5 Å². The first-order valence-corrected chi connectivity index (χ1v) is 11.5. The van der Waals surface area contributed by atoms with Crippen LogP contribution in [0.2, 0.25) is 0 Å². The largest absolute Gasteiger partial charge is 0.481 e. The van der Waals surface area contributed by atoms with Crippen molar-refractivity contribution in [2.24, 2.45) is 22.6 Å². The number of aliphatic imine (C=N–C) groups is 1. The van der Waals surface area contributed by atoms with Crippen molar-refractivity contribution in [1.82, 2.24) is 10.6 Å². The fourth-order valence-corrected chi connectivity index (χ4v) is 4.16. The van der Waals surface area contributed by atoms with Gasteiger partial charge in [-0.3, -0.25) is 19.4 Å². The van der Waals surface area contributed by atoms with Gasteiger partial charge in [-0.15, -0.1) is 11.8 Å². The molecule has 31 heavy (non-hydrogen) atoms. The number of carbonyl (C=O) groups is 4. The normalized spacial score (nSPS) is 19.8. The summed E-state index contributed by atoms with van der Waals surface area (Å²) in [6, 6.07) is -3.21. The van der Waals surface area contributed by atoms with Crippen molar-refractivity contribution < 1.29 is 29.4 Å². The minimum Gasteiger partial charge on any atom is -0.481 e. The Morgan fingerprint density at radius 3 is 2.32 bits per heavy atom. The number of carbonyl (C=O) groups excluding carboxylic acids is 2. The third kappa shape index (κ3) is 8.86. The van der Waals surface area contributed by atoms with Crippen molar-refractivity contribution in [1.29, 1.82) is 0 Å². The molecule has 11 heteroatoms. The number of hydrogen-bond acceptors (Lipinski definition) is 7. The smallest absolute Gasteiger partial charge is 0.326 e. The molecular weight excluding hydrogens is 424 g/mol. The average molecular weight is 459 g/mol. The number of rotatable bonds is 13. The number of aliphatic carboxylic acids is 2. The number of hydrogen-bond donors (Lipinski definition) is 5. The SMILES string of the molecule is CC[C@H](C)[C@H](N)C1=N[C@H](C(=O)N[C@@H](CC(C)C)C(=O)N[C@H](CCC(=O)O)C(=O)O)CS1. The first-order chi connectivity index (χ1) is 14.5. The van der Waals surface area contributed by atoms with Crippen LogP contribution < -0.4 is 16.4 Å². The Morgan fingerprint density at radius 1 is 1.16 bits per heavy atom. The van der Waals surface area contributed by atoms with Crippen molar-refractivity contribution in [3.63, 3.8) is 0 Å². The molecule has 0 spiro atoms. The van der Waals surface area contributed by atoms with E-state index in [1.165, 1.54) is 11.8 Å². The van der Waals surface area contributed by atoms with Crippen LogP contribution in [-0.4, -0.2) is 68.9 Å². The van der Waals surface area contributed by atoms with Crippen LogP contribution in [0.1, 0.15) is 53.4 Å². The van der Waals surface area contributed by atoms with Gasteiger partial charge in [-0.05, 0) is 24.7 Å². The molecule has 1 rings (SSSR count). The average Bonchev–Trinajstić information content (AvgIpc) is 3.18. The van der Waals surface area contributed by atoms with Crippen molar-refractivity contribution in [3.05, 3.63) is 0 Å². The zero-order valence-corrected chi connectivity index (χ0v) is 19.3. The standard InChI is InChI=1S/C20H34N4O6S/c1-5-11(4)16(21)19-24-14(9-31-19)18(28)23-13(8-10(2)3)17(27)22-12(20(29)30)6-7-15(25)26/h10-14,16H,5-9,21H2,1-4H3,(H,22,27)(H,23,28)(H,25,26)(H,29,30)/t11-,12+,13-,14-,16-/m0/s1. The van der Waals surface area contributed by atoms with Crippen LogP contribution in [-0.2, 0) is 19.2 Å². The summed E-state index contributed by atoms with van der Waals surface area (Å²) in [5, 5.41) is 23.8. The molecule has 0 saturated carbocycles. The predicted octanol–water partition coefficient (Wildman–Crippen LogP) is 0.839. The lowest BCUT2D eigenvalue weighted by Crippen LogP contribution is -2.53. The number of nitrogens with one attached hydrogen (secondary N) is 2. The number of thioether (sulfide) groups is 1. The van der Waals surface area contributed by atoms with E-state index in [0.717, 1.165) is 11.5 Å². The molecule has 0 radical (unpaired) electrons. The van der Waals surface area contributed by atoms with Crippen LogP contribution in [0.4, 0.5) is 0 Å². The summed E-state index contributed by atoms with van der Waals surface area (Å²) in [5.74, 6) is -2.86. The zero-order valence-electron chi connectivity index (χ0n) is 18.5. The topological polar surface area (TPSA) is 171 Å². The molecule has 0 bridgehead atoms. The lowest BCUT2D eigenvalue weighted by Gasteiger charge is -2.23. The van der Waals surface area contributed by atoms with Gasteiger partial charge in [-0.25, -0.2) is 4.79 Å². The quantitative estimate of drug-likeness (QED) is 0.270. The molecular formula is C20H34N4O6S. The van der Waals surface area contributed by atoms with Gasteiger partial charge in [-0.1, -0.05) is 34.1 Å². The van der Waals surface area contributed by atoms with Crippen LogP contribution >= 0.6 is 11.8 Å². The highest BCUT2D eigenvalue weighted by Gasteiger charge is 2.33. The summed E-state index contributed by atoms with van der Waals surface area (Å²) in [5.41, 5.74) is 6.20. The monoisotopic (exact) mass is 458 g/mol. The zero-order chi connectivity index (χ0) is 23.7. The van der Waals surface area contributed by atoms with Crippen molar-refractivity contribution in [2.75, 3.05) is 5.75 Å². The van der Waals surface area contributed by atoms with Gasteiger partial charge < -0.3 is 26.6 Å². The molecule has 6 N–H and O–H groups in total. The summed E-state index contributed by atoms with van der Waals surface area (Å²) in [6.07, 6.45) is 0.539. The van der Waals surface area contributed by atoms with Crippen LogP contribution in [0, 0.1) is 11.8 Å². The molecule has 0 saturated heterocycles. The van der Waals surface area contributed by atoms with E-state index >= 15 is 0 Å². The molecule has 0 unspecified atom stereocenters. The molecule has 10 nitrogen and oxygen atoms in total. The number of amides is 2. The maximum absolute atomic E-state index is 12.7. The first-order valence-electron chi connectivity index (χ1n) is 10.5. The molecule has 0 fully saturated rings. The Labute approximate surface area is 186 Å². The van der Waals surface area contributed by atoms with Gasteiger partial charge in [0.05, 0.1) is 11.1 Å². The number of carboxylic acid groups (broad SMARTS) is 2. The van der Waals surface area contributed by atoms with E-state index in [4.69, 9.17) is 10.8 Å². The lowest BCUT2D eigenvalue weighted by atomic mass is 10.0. The van der Waals surface area contributed by atoms with Gasteiger partial charge in [0, 0.05) is 12.2 Å². The molecule has 0 aromatic heterocycles. The van der Waals surface area contributed by atoms with Gasteiger partial charge in [0.15, 0.2) is 0 Å². The fraction of sp³-hybridized carbons (Fsp3) is 0.750. The van der Waals surface area contributed by atoms with Gasteiger partial charge in [-0.2, -0.15) is 0 Å². The van der Waals surface area contributed by atoms with Gasteiger partial charge in [0.25, 0.3) is 0 Å². The second-order valence-corrected chi connectivity index (χ2v) is 9.27. The predicted molar refractivity (Wildman–Crippen MR) is 119 cm³/mol. The van der Waals surface area contributed by atoms with E-state index in [1.807, 2.05) is 27.7 Å². The maximum Gasteiger partial charge on any atom is 0.326 e. The van der Waals surface area contributed by atoms with E-state index < -0.39 is 48.3 Å². The second kappa shape index (κ2) is 12.7. The van der Waals surface area contributed by atoms with Crippen molar-refractivity contribution >= 4 is 40.6 Å². The summed E-state index contributed by atoms with van der Waals surface area (Å²) in [7, 11) is 0. The maximum atomic E-state index is 12.7. The highest BCUT2D eigenvalue weighted by atomic mass is 32.2. The summed E-state index contributed by atoms with van der Waals surface area (Å²) < 4.78 is 0. The Bertz CT molecular complexity index is 699. The summed E-state index contributed by atoms with van der Waals surface area (Å²) in [4.78, 5) is 52.0. The first kappa shape index (κ1) is 26.9. The third-order valence-corrected chi connectivity index (χ3v) is 6.27. The minimum atomic E-state index is -1.35. The summed E-state index contributed by atoms with van der Waals surface area (Å²) >= 11 is 1.43. The Morgan fingerprint density at radius 2 is 1.81 bits per heavy atom. The Balaban J connectivity index is 2.84. The summed E-state index contributed by atoms with van der Waals surface area (Å²) in [6.45, 7) is 7.80. The van der Waals surface area contributed by atoms with Crippen LogP contribution in [0.5, 0.6) is 0 Å². The molecule has 0 aliphatic carbocycles. The minimum absolute atomic E-state index is 0.0502. The van der Waals surface area contributed by atoms with Gasteiger partial charge in [0.1, 0.15) is 18.1 Å². The molecule has 176 valence electrons. The Hall–Kier alpha value is -2.14. The van der Waals surface area contributed by atoms with Crippen molar-refractivity contribution in [3.8, 4) is 0 Å². The van der Waals surface area contributed by atoms with E-state index in [1.54, 1.807) is 0 Å². The van der Waals surface area contributed by atoms with E-state index in [-0.39, 0.29) is 24.3 Å². The van der Waals surface area contributed by atoms with Crippen LogP contribution in [0.25, 0.3) is 0 Å². The van der Waals surface area contributed by atoms with Crippen LogP contribution in [0.3, 0.4) is 0 Å². The van der Waals surface area contributed by atoms with Crippen LogP contribution in [0.15, 0.2) is 4.99 Å². The van der Waals surface area contributed by atoms with Gasteiger partial charge in [0.2, 0.25) is 11.8 Å². The molecule has 5 atom stereocenters. The third-order valence-electron chi connectivity index (χ3n) is 5.12. The van der Waals surface area contributed by atoms with Gasteiger partial charge >= 0.3 is 11.9 Å². The molecule has 1 aliphatic heterocycles. The lowest BCUT2D eigenvalue weighted by molar-refractivity contribution is -0.143. The molecule has 1 aliphatic rings. The molecule has 2 amide bonds. The van der Waals surface area contributed by atoms with E-state index in [9.17, 15) is 24.3 Å². The highest BCUT2D eigenvalue weighted by Crippen LogP contribution is 2.24. The molecule has 0 aromatic carbocycles. The second-order valence-electron chi connectivity index (χ2n) is 8.23.